The van der Waals surface area contributed by atoms with Crippen LogP contribution in [0.25, 0.3) is 0 Å². The molecule has 0 aliphatic rings. The van der Waals surface area contributed by atoms with Crippen molar-refractivity contribution in [1.29, 1.82) is 0 Å². The van der Waals surface area contributed by atoms with Crippen molar-refractivity contribution in [3.8, 4) is 0 Å². The molecule has 0 atom stereocenters. The van der Waals surface area contributed by atoms with Crippen LogP contribution in [0.5, 0.6) is 0 Å². The standard InChI is InChI=1S/C15H28N2O/c1-13-7-8-14(18-13)11-17(4)10-6-5-9-15(2,3)12-16/h7-8H,5-6,9-12,16H2,1-4H3. The van der Waals surface area contributed by atoms with Crippen molar-refractivity contribution in [3.63, 3.8) is 0 Å². The zero-order valence-corrected chi connectivity index (χ0v) is 12.3. The molecule has 3 nitrogen and oxygen atoms in total. The van der Waals surface area contributed by atoms with Gasteiger partial charge in [-0.2, -0.15) is 0 Å². The third-order valence-corrected chi connectivity index (χ3v) is 3.42. The highest BCUT2D eigenvalue weighted by molar-refractivity contribution is 5.05. The van der Waals surface area contributed by atoms with Crippen molar-refractivity contribution in [3.05, 3.63) is 23.7 Å². The fourth-order valence-electron chi connectivity index (χ4n) is 2.00. The summed E-state index contributed by atoms with van der Waals surface area (Å²) in [6.45, 7) is 9.24. The molecule has 0 saturated carbocycles. The van der Waals surface area contributed by atoms with Crippen LogP contribution in [0.4, 0.5) is 0 Å². The minimum absolute atomic E-state index is 0.288. The van der Waals surface area contributed by atoms with Crippen molar-refractivity contribution in [2.45, 2.75) is 46.6 Å². The summed E-state index contributed by atoms with van der Waals surface area (Å²) in [5.41, 5.74) is 6.02. The van der Waals surface area contributed by atoms with Crippen LogP contribution in [0.3, 0.4) is 0 Å². The van der Waals surface area contributed by atoms with Crippen LogP contribution in [-0.2, 0) is 6.54 Å². The molecule has 0 saturated heterocycles. The fourth-order valence-corrected chi connectivity index (χ4v) is 2.00. The zero-order chi connectivity index (χ0) is 13.6. The van der Waals surface area contributed by atoms with Gasteiger partial charge in [0.25, 0.3) is 0 Å². The number of nitrogens with two attached hydrogens (primary N) is 1. The highest BCUT2D eigenvalue weighted by atomic mass is 16.3. The van der Waals surface area contributed by atoms with Crippen molar-refractivity contribution in [2.24, 2.45) is 11.1 Å². The molecule has 1 rings (SSSR count). The molecular formula is C15H28N2O. The largest absolute Gasteiger partial charge is 0.465 e. The van der Waals surface area contributed by atoms with Gasteiger partial charge in [-0.3, -0.25) is 4.90 Å². The highest BCUT2D eigenvalue weighted by Gasteiger charge is 2.14. The Labute approximate surface area is 111 Å². The molecule has 1 aromatic rings. The Balaban J connectivity index is 2.16. The lowest BCUT2D eigenvalue weighted by Gasteiger charge is -2.22. The molecule has 0 bridgehead atoms. The van der Waals surface area contributed by atoms with Crippen molar-refractivity contribution >= 4 is 0 Å². The van der Waals surface area contributed by atoms with E-state index in [9.17, 15) is 0 Å². The molecule has 1 heterocycles. The third kappa shape index (κ3) is 5.69. The summed E-state index contributed by atoms with van der Waals surface area (Å²) in [4.78, 5) is 2.31. The summed E-state index contributed by atoms with van der Waals surface area (Å²) in [7, 11) is 2.14. The monoisotopic (exact) mass is 252 g/mol. The Bertz CT molecular complexity index is 344. The van der Waals surface area contributed by atoms with Crippen LogP contribution in [0, 0.1) is 12.3 Å². The summed E-state index contributed by atoms with van der Waals surface area (Å²) < 4.78 is 5.57. The second kappa shape index (κ2) is 6.95. The van der Waals surface area contributed by atoms with Gasteiger partial charge in [-0.05, 0) is 57.5 Å². The van der Waals surface area contributed by atoms with E-state index in [-0.39, 0.29) is 5.41 Å². The number of furan rings is 1. The molecule has 0 fully saturated rings. The first-order chi connectivity index (χ1) is 8.43. The Morgan fingerprint density at radius 3 is 2.56 bits per heavy atom. The molecule has 0 spiro atoms. The SMILES string of the molecule is Cc1ccc(CN(C)CCCCC(C)(C)CN)o1. The van der Waals surface area contributed by atoms with Gasteiger partial charge in [-0.15, -0.1) is 0 Å². The molecular weight excluding hydrogens is 224 g/mol. The number of aryl methyl sites for hydroxylation is 1. The summed E-state index contributed by atoms with van der Waals surface area (Å²) in [5.74, 6) is 2.04. The van der Waals surface area contributed by atoms with Gasteiger partial charge < -0.3 is 10.2 Å². The summed E-state index contributed by atoms with van der Waals surface area (Å²) in [6, 6.07) is 4.08. The first kappa shape index (κ1) is 15.3. The van der Waals surface area contributed by atoms with Crippen LogP contribution in [-0.4, -0.2) is 25.0 Å². The van der Waals surface area contributed by atoms with E-state index in [4.69, 9.17) is 10.2 Å². The normalized spacial score (nSPS) is 12.3. The van der Waals surface area contributed by atoms with Crippen LogP contribution in [0.1, 0.15) is 44.6 Å². The fraction of sp³-hybridized carbons (Fsp3) is 0.733. The highest BCUT2D eigenvalue weighted by Crippen LogP contribution is 2.21. The molecule has 0 radical (unpaired) electrons. The Kier molecular flexibility index (Phi) is 5.89. The van der Waals surface area contributed by atoms with Crippen molar-refractivity contribution in [1.82, 2.24) is 4.90 Å². The van der Waals surface area contributed by atoms with E-state index < -0.39 is 0 Å². The zero-order valence-electron chi connectivity index (χ0n) is 12.3. The predicted molar refractivity (Wildman–Crippen MR) is 76.5 cm³/mol. The third-order valence-electron chi connectivity index (χ3n) is 3.42. The maximum Gasteiger partial charge on any atom is 0.118 e. The van der Waals surface area contributed by atoms with Crippen molar-refractivity contribution in [2.75, 3.05) is 20.1 Å². The molecule has 0 aliphatic heterocycles. The lowest BCUT2D eigenvalue weighted by atomic mass is 9.87. The van der Waals surface area contributed by atoms with Gasteiger partial charge in [0.1, 0.15) is 11.5 Å². The average Bonchev–Trinajstić information content (AvgIpc) is 2.70. The maximum absolute atomic E-state index is 5.73. The summed E-state index contributed by atoms with van der Waals surface area (Å²) in [5, 5.41) is 0. The van der Waals surface area contributed by atoms with Crippen LogP contribution >= 0.6 is 0 Å². The van der Waals surface area contributed by atoms with E-state index in [2.05, 4.69) is 31.9 Å². The van der Waals surface area contributed by atoms with Gasteiger partial charge in [0.15, 0.2) is 0 Å². The number of hydrogen-bond donors (Lipinski definition) is 1. The van der Waals surface area contributed by atoms with Gasteiger partial charge in [0.05, 0.1) is 6.54 Å². The quantitative estimate of drug-likeness (QED) is 0.723. The van der Waals surface area contributed by atoms with E-state index in [1.165, 1.54) is 19.3 Å². The molecule has 1 aromatic heterocycles. The molecule has 18 heavy (non-hydrogen) atoms. The predicted octanol–water partition coefficient (Wildman–Crippen LogP) is 3.18. The van der Waals surface area contributed by atoms with E-state index >= 15 is 0 Å². The smallest absolute Gasteiger partial charge is 0.118 e. The first-order valence-electron chi connectivity index (χ1n) is 6.87. The minimum atomic E-state index is 0.288. The van der Waals surface area contributed by atoms with Gasteiger partial charge in [0.2, 0.25) is 0 Å². The Hall–Kier alpha value is -0.800. The molecule has 2 N–H and O–H groups in total. The minimum Gasteiger partial charge on any atom is -0.465 e. The topological polar surface area (TPSA) is 42.4 Å². The number of unbranched alkanes of at least 4 members (excludes halogenated alkanes) is 1. The van der Waals surface area contributed by atoms with E-state index in [0.29, 0.717) is 0 Å². The molecule has 104 valence electrons. The van der Waals surface area contributed by atoms with Gasteiger partial charge in [0, 0.05) is 0 Å². The lowest BCUT2D eigenvalue weighted by Crippen LogP contribution is -2.24. The van der Waals surface area contributed by atoms with Crippen LogP contribution < -0.4 is 5.73 Å². The average molecular weight is 252 g/mol. The molecule has 0 aliphatic carbocycles. The number of hydrogen-bond acceptors (Lipinski definition) is 3. The summed E-state index contributed by atoms with van der Waals surface area (Å²) in [6.07, 6.45) is 3.67. The first-order valence-corrected chi connectivity index (χ1v) is 6.87. The van der Waals surface area contributed by atoms with E-state index in [1.54, 1.807) is 0 Å². The van der Waals surface area contributed by atoms with E-state index in [1.807, 2.05) is 13.0 Å². The number of nitrogens with zero attached hydrogens (tertiary/aromatic N) is 1. The molecule has 0 unspecified atom stereocenters. The van der Waals surface area contributed by atoms with Crippen LogP contribution in [0.2, 0.25) is 0 Å². The van der Waals surface area contributed by atoms with Gasteiger partial charge in [-0.1, -0.05) is 20.3 Å². The van der Waals surface area contributed by atoms with Crippen LogP contribution in [0.15, 0.2) is 16.5 Å². The second-order valence-electron chi connectivity index (χ2n) is 6.08. The van der Waals surface area contributed by atoms with E-state index in [0.717, 1.165) is 31.2 Å². The van der Waals surface area contributed by atoms with Gasteiger partial charge >= 0.3 is 0 Å². The number of rotatable bonds is 8. The lowest BCUT2D eigenvalue weighted by molar-refractivity contribution is 0.270. The summed E-state index contributed by atoms with van der Waals surface area (Å²) >= 11 is 0. The Morgan fingerprint density at radius 1 is 1.28 bits per heavy atom. The second-order valence-corrected chi connectivity index (χ2v) is 6.08. The van der Waals surface area contributed by atoms with Gasteiger partial charge in [-0.25, -0.2) is 0 Å². The molecule has 0 amide bonds. The Morgan fingerprint density at radius 2 is 2.00 bits per heavy atom. The molecule has 0 aromatic carbocycles. The van der Waals surface area contributed by atoms with Crippen molar-refractivity contribution < 1.29 is 4.42 Å². The molecule has 3 heteroatoms. The maximum atomic E-state index is 5.73.